The van der Waals surface area contributed by atoms with Gasteiger partial charge in [0.2, 0.25) is 11.8 Å². The van der Waals surface area contributed by atoms with Crippen molar-refractivity contribution in [1.29, 1.82) is 0 Å². The van der Waals surface area contributed by atoms with Crippen molar-refractivity contribution in [3.63, 3.8) is 0 Å². The Labute approximate surface area is 251 Å². The van der Waals surface area contributed by atoms with Crippen molar-refractivity contribution < 1.29 is 29.1 Å². The number of anilines is 3. The Kier molecular flexibility index (Phi) is 9.95. The highest BCUT2D eigenvalue weighted by Crippen LogP contribution is 2.34. The molecule has 1 aliphatic carbocycles. The molecule has 0 spiro atoms. The number of hydrogen-bond acceptors (Lipinski definition) is 6. The molecule has 2 aliphatic rings. The molecule has 1 fully saturated rings. The summed E-state index contributed by atoms with van der Waals surface area (Å²) in [5.74, 6) is -2.05. The van der Waals surface area contributed by atoms with Crippen molar-refractivity contribution in [3.05, 3.63) is 54.1 Å². The summed E-state index contributed by atoms with van der Waals surface area (Å²) in [5, 5.41) is 20.1. The summed E-state index contributed by atoms with van der Waals surface area (Å²) in [6.07, 6.45) is 4.62. The van der Waals surface area contributed by atoms with E-state index < -0.39 is 35.8 Å². The van der Waals surface area contributed by atoms with Crippen LogP contribution in [0.15, 0.2) is 53.6 Å². The molecule has 11 nitrogen and oxygen atoms in total. The minimum Gasteiger partial charge on any atom is -0.481 e. The van der Waals surface area contributed by atoms with Gasteiger partial charge >= 0.3 is 12.0 Å². The third kappa shape index (κ3) is 8.27. The fourth-order valence-corrected chi connectivity index (χ4v) is 5.16. The van der Waals surface area contributed by atoms with Gasteiger partial charge < -0.3 is 15.7 Å². The van der Waals surface area contributed by atoms with Crippen LogP contribution in [0, 0.1) is 11.3 Å². The number of hydrazone groups is 1. The molecule has 0 saturated heterocycles. The van der Waals surface area contributed by atoms with Crippen LogP contribution in [-0.2, 0) is 19.2 Å². The number of urea groups is 1. The Morgan fingerprint density at radius 1 is 0.884 bits per heavy atom. The van der Waals surface area contributed by atoms with Crippen LogP contribution >= 0.6 is 0 Å². The second-order valence-corrected chi connectivity index (χ2v) is 12.0. The Hall–Kier alpha value is -4.54. The summed E-state index contributed by atoms with van der Waals surface area (Å²) < 4.78 is 0. The van der Waals surface area contributed by atoms with E-state index in [0.717, 1.165) is 48.4 Å². The van der Waals surface area contributed by atoms with E-state index in [1.807, 2.05) is 24.3 Å². The monoisotopic (exact) mass is 589 g/mol. The van der Waals surface area contributed by atoms with Gasteiger partial charge in [0, 0.05) is 34.7 Å². The lowest BCUT2D eigenvalue weighted by Gasteiger charge is -2.28. The molecule has 43 heavy (non-hydrogen) atoms. The summed E-state index contributed by atoms with van der Waals surface area (Å²) in [6.45, 7) is 4.87. The summed E-state index contributed by atoms with van der Waals surface area (Å²) in [7, 11) is 0. The zero-order chi connectivity index (χ0) is 31.1. The van der Waals surface area contributed by atoms with Gasteiger partial charge in [-0.3, -0.25) is 24.1 Å². The number of carbonyl (C=O) groups excluding carboxylic acids is 4. The van der Waals surface area contributed by atoms with E-state index in [2.05, 4.69) is 10.6 Å². The first-order valence-electron chi connectivity index (χ1n) is 14.6. The van der Waals surface area contributed by atoms with Crippen LogP contribution in [0.3, 0.4) is 0 Å². The summed E-state index contributed by atoms with van der Waals surface area (Å²) in [5.41, 5.74) is 2.22. The highest BCUT2D eigenvalue weighted by Gasteiger charge is 2.36. The Morgan fingerprint density at radius 2 is 1.53 bits per heavy atom. The lowest BCUT2D eigenvalue weighted by molar-refractivity contribution is -0.138. The molecular weight excluding hydrogens is 550 g/mol. The fraction of sp³-hybridized carbons (Fsp3) is 0.438. The topological polar surface area (TPSA) is 148 Å². The first-order chi connectivity index (χ1) is 20.4. The molecule has 11 heteroatoms. The maximum Gasteiger partial charge on any atom is 0.345 e. The van der Waals surface area contributed by atoms with Crippen LogP contribution in [0.4, 0.5) is 21.9 Å². The fourth-order valence-electron chi connectivity index (χ4n) is 5.16. The van der Waals surface area contributed by atoms with Gasteiger partial charge in [0.15, 0.2) is 5.78 Å². The minimum atomic E-state index is -1.07. The average molecular weight is 590 g/mol. The van der Waals surface area contributed by atoms with Gasteiger partial charge in [-0.2, -0.15) is 5.10 Å². The lowest BCUT2D eigenvalue weighted by Crippen LogP contribution is -2.47. The van der Waals surface area contributed by atoms with E-state index in [1.165, 1.54) is 4.90 Å². The summed E-state index contributed by atoms with van der Waals surface area (Å²) in [6, 6.07) is 13.3. The molecule has 2 aromatic rings. The molecule has 0 bridgehead atoms. The number of amides is 4. The van der Waals surface area contributed by atoms with E-state index in [4.69, 9.17) is 10.2 Å². The number of benzene rings is 2. The molecule has 0 unspecified atom stereocenters. The Bertz CT molecular complexity index is 1420. The highest BCUT2D eigenvalue weighted by molar-refractivity contribution is 6.13. The molecule has 228 valence electrons. The molecule has 4 amide bonds. The summed E-state index contributed by atoms with van der Waals surface area (Å²) >= 11 is 0. The van der Waals surface area contributed by atoms with Crippen LogP contribution in [0.25, 0.3) is 0 Å². The van der Waals surface area contributed by atoms with Gasteiger partial charge in [-0.15, -0.1) is 0 Å². The van der Waals surface area contributed by atoms with Gasteiger partial charge in [-0.1, -0.05) is 64.3 Å². The number of fused-ring (bicyclic) bond motifs is 1. The van der Waals surface area contributed by atoms with Gasteiger partial charge in [-0.25, -0.2) is 9.80 Å². The van der Waals surface area contributed by atoms with Crippen LogP contribution in [0.5, 0.6) is 0 Å². The largest absolute Gasteiger partial charge is 0.481 e. The van der Waals surface area contributed by atoms with E-state index in [1.54, 1.807) is 45.0 Å². The molecular formula is C32H39N5O6. The first-order valence-corrected chi connectivity index (χ1v) is 14.6. The summed E-state index contributed by atoms with van der Waals surface area (Å²) in [4.78, 5) is 64.6. The Balaban J connectivity index is 1.59. The zero-order valence-electron chi connectivity index (χ0n) is 24.9. The van der Waals surface area contributed by atoms with Crippen molar-refractivity contribution in [2.45, 2.75) is 65.7 Å². The van der Waals surface area contributed by atoms with Crippen molar-refractivity contribution in [3.8, 4) is 0 Å². The SMILES string of the molecule is CC(C)(C)C(=O)CN1C(=O)N(CC(=O)Nc2cccc(NC(=O)CCC(=O)O)c2)N=C(C2CCCCC2)c2ccccc21. The third-order valence-corrected chi connectivity index (χ3v) is 7.57. The molecule has 2 aromatic carbocycles. The van der Waals surface area contributed by atoms with Crippen LogP contribution in [0.1, 0.15) is 71.3 Å². The van der Waals surface area contributed by atoms with Gasteiger partial charge in [-0.05, 0) is 37.1 Å². The molecule has 0 aromatic heterocycles. The van der Waals surface area contributed by atoms with E-state index >= 15 is 0 Å². The van der Waals surface area contributed by atoms with Gasteiger partial charge in [0.25, 0.3) is 0 Å². The number of carbonyl (C=O) groups is 5. The second kappa shape index (κ2) is 13.6. The van der Waals surface area contributed by atoms with Gasteiger partial charge in [0.05, 0.1) is 24.4 Å². The predicted octanol–water partition coefficient (Wildman–Crippen LogP) is 5.27. The molecule has 3 N–H and O–H groups in total. The molecule has 1 heterocycles. The van der Waals surface area contributed by atoms with Gasteiger partial charge in [0.1, 0.15) is 6.54 Å². The molecule has 0 atom stereocenters. The second-order valence-electron chi connectivity index (χ2n) is 12.0. The van der Waals surface area contributed by atoms with Crippen LogP contribution < -0.4 is 15.5 Å². The first kappa shape index (κ1) is 31.4. The number of aliphatic carboxylic acids is 1. The normalized spacial score (nSPS) is 15.7. The highest BCUT2D eigenvalue weighted by atomic mass is 16.4. The number of ketones is 1. The number of nitrogens with one attached hydrogen (secondary N) is 2. The number of para-hydroxylation sites is 1. The number of carboxylic acids is 1. The maximum absolute atomic E-state index is 14.0. The van der Waals surface area contributed by atoms with Crippen molar-refractivity contribution in [2.75, 3.05) is 28.6 Å². The van der Waals surface area contributed by atoms with Crippen LogP contribution in [0.2, 0.25) is 0 Å². The number of carboxylic acid groups (broad SMARTS) is 1. The molecule has 1 saturated carbocycles. The van der Waals surface area contributed by atoms with Crippen LogP contribution in [-0.4, -0.2) is 58.5 Å². The number of rotatable bonds is 10. The smallest absolute Gasteiger partial charge is 0.345 e. The molecule has 4 rings (SSSR count). The quantitative estimate of drug-likeness (QED) is 0.344. The van der Waals surface area contributed by atoms with E-state index in [0.29, 0.717) is 17.1 Å². The number of Topliss-reactive ketones (excluding diaryl/α,β-unsaturated/α-hetero) is 1. The molecule has 0 radical (unpaired) electrons. The van der Waals surface area contributed by atoms with Crippen molar-refractivity contribution in [2.24, 2.45) is 16.4 Å². The molecule has 1 aliphatic heterocycles. The number of nitrogens with zero attached hydrogens (tertiary/aromatic N) is 3. The predicted molar refractivity (Wildman–Crippen MR) is 164 cm³/mol. The van der Waals surface area contributed by atoms with Crippen molar-refractivity contribution >= 4 is 52.4 Å². The average Bonchev–Trinajstić information content (AvgIpc) is 3.07. The number of hydrogen-bond donors (Lipinski definition) is 3. The van der Waals surface area contributed by atoms with Crippen molar-refractivity contribution in [1.82, 2.24) is 5.01 Å². The minimum absolute atomic E-state index is 0.118. The van der Waals surface area contributed by atoms with E-state index in [9.17, 15) is 24.0 Å². The third-order valence-electron chi connectivity index (χ3n) is 7.57. The standard InChI is InChI=1S/C32H39N5O6/c1-32(2,3)26(38)19-36-25-15-8-7-14-24(25)30(21-10-5-4-6-11-21)35-37(31(36)43)20-28(40)34-23-13-9-12-22(18-23)33-27(39)16-17-29(41)42/h7-9,12-15,18,21H,4-6,10-11,16-17,19-20H2,1-3H3,(H,33,39)(H,34,40)(H,41,42). The van der Waals surface area contributed by atoms with E-state index in [-0.39, 0.29) is 31.1 Å². The Morgan fingerprint density at radius 3 is 2.19 bits per heavy atom. The lowest BCUT2D eigenvalue weighted by atomic mass is 9.83. The zero-order valence-corrected chi connectivity index (χ0v) is 24.9. The maximum atomic E-state index is 14.0.